The maximum Gasteiger partial charge on any atom is 0.257 e. The van der Waals surface area contributed by atoms with Gasteiger partial charge in [-0.05, 0) is 43.3 Å². The first-order chi connectivity index (χ1) is 10.5. The third-order valence-electron chi connectivity index (χ3n) is 2.96. The molecule has 0 bridgehead atoms. The van der Waals surface area contributed by atoms with Gasteiger partial charge in [0.1, 0.15) is 5.75 Å². The second-order valence-corrected chi connectivity index (χ2v) is 5.34. The summed E-state index contributed by atoms with van der Waals surface area (Å²) in [4.78, 5) is 12.2. The number of aliphatic hydroxyl groups excluding tert-OH is 1. The van der Waals surface area contributed by atoms with Crippen LogP contribution in [0.15, 0.2) is 36.4 Å². The summed E-state index contributed by atoms with van der Waals surface area (Å²) in [7, 11) is 0. The number of hydrogen-bond donors (Lipinski definition) is 2. The van der Waals surface area contributed by atoms with Crippen molar-refractivity contribution in [3.05, 3.63) is 57.6 Å². The molecule has 0 saturated heterocycles. The van der Waals surface area contributed by atoms with E-state index in [0.717, 1.165) is 0 Å². The molecule has 0 heterocycles. The van der Waals surface area contributed by atoms with Crippen molar-refractivity contribution in [2.24, 2.45) is 0 Å². The zero-order chi connectivity index (χ0) is 16.1. The molecule has 0 unspecified atom stereocenters. The fourth-order valence-electron chi connectivity index (χ4n) is 1.95. The predicted octanol–water partition coefficient (Wildman–Crippen LogP) is 4.14. The number of carbonyl (C=O) groups is 1. The molecule has 0 aromatic heterocycles. The number of halogens is 2. The van der Waals surface area contributed by atoms with Crippen molar-refractivity contribution in [1.82, 2.24) is 0 Å². The van der Waals surface area contributed by atoms with E-state index in [-0.39, 0.29) is 17.5 Å². The Bertz CT molecular complexity index is 689. The lowest BCUT2D eigenvalue weighted by Crippen LogP contribution is -2.12. The summed E-state index contributed by atoms with van der Waals surface area (Å²) in [6.45, 7) is 2.18. The zero-order valence-corrected chi connectivity index (χ0v) is 13.4. The van der Waals surface area contributed by atoms with E-state index in [1.54, 1.807) is 30.3 Å². The quantitative estimate of drug-likeness (QED) is 0.860. The molecule has 4 nitrogen and oxygen atoms in total. The first kappa shape index (κ1) is 16.6. The Labute approximate surface area is 138 Å². The van der Waals surface area contributed by atoms with Crippen molar-refractivity contribution in [2.75, 3.05) is 11.9 Å². The molecule has 22 heavy (non-hydrogen) atoms. The summed E-state index contributed by atoms with van der Waals surface area (Å²) in [5.74, 6) is 0.238. The summed E-state index contributed by atoms with van der Waals surface area (Å²) in [6.07, 6.45) is 0. The van der Waals surface area contributed by atoms with E-state index in [0.29, 0.717) is 34.2 Å². The fourth-order valence-corrected chi connectivity index (χ4v) is 2.44. The minimum absolute atomic E-state index is 0.180. The topological polar surface area (TPSA) is 58.6 Å². The van der Waals surface area contributed by atoms with E-state index >= 15 is 0 Å². The van der Waals surface area contributed by atoms with Gasteiger partial charge in [0.2, 0.25) is 0 Å². The Kier molecular flexibility index (Phi) is 5.66. The van der Waals surface area contributed by atoms with Crippen LogP contribution in [0.5, 0.6) is 5.75 Å². The maximum atomic E-state index is 12.2. The number of carbonyl (C=O) groups excluding carboxylic acids is 1. The molecule has 0 spiro atoms. The van der Waals surface area contributed by atoms with Gasteiger partial charge in [-0.1, -0.05) is 23.2 Å². The number of amides is 1. The molecule has 0 atom stereocenters. The fraction of sp³-hybridized carbons (Fsp3) is 0.188. The van der Waals surface area contributed by atoms with Gasteiger partial charge in [0.15, 0.2) is 0 Å². The molecule has 2 aromatic rings. The Balaban J connectivity index is 2.21. The Morgan fingerprint density at radius 2 is 2.00 bits per heavy atom. The molecule has 2 rings (SSSR count). The minimum atomic E-state index is -0.352. The highest BCUT2D eigenvalue weighted by atomic mass is 35.5. The van der Waals surface area contributed by atoms with Crippen LogP contribution in [0.4, 0.5) is 5.69 Å². The molecular formula is C16H15Cl2NO3. The summed E-state index contributed by atoms with van der Waals surface area (Å²) in [5.41, 5.74) is 1.47. The molecule has 6 heteroatoms. The summed E-state index contributed by atoms with van der Waals surface area (Å²) >= 11 is 11.8. The first-order valence-corrected chi connectivity index (χ1v) is 7.43. The van der Waals surface area contributed by atoms with Crippen LogP contribution in [0, 0.1) is 0 Å². The normalized spacial score (nSPS) is 10.4. The third kappa shape index (κ3) is 3.91. The predicted molar refractivity (Wildman–Crippen MR) is 87.9 cm³/mol. The zero-order valence-electron chi connectivity index (χ0n) is 11.9. The van der Waals surface area contributed by atoms with Crippen LogP contribution in [-0.2, 0) is 6.61 Å². The van der Waals surface area contributed by atoms with Gasteiger partial charge in [0.25, 0.3) is 5.91 Å². The molecule has 0 radical (unpaired) electrons. The highest BCUT2D eigenvalue weighted by Gasteiger charge is 2.12. The molecule has 0 saturated carbocycles. The van der Waals surface area contributed by atoms with Crippen LogP contribution in [0.1, 0.15) is 22.8 Å². The van der Waals surface area contributed by atoms with Crippen LogP contribution < -0.4 is 10.1 Å². The van der Waals surface area contributed by atoms with Gasteiger partial charge >= 0.3 is 0 Å². The number of aliphatic hydroxyl groups is 1. The lowest BCUT2D eigenvalue weighted by atomic mass is 10.1. The number of rotatable bonds is 5. The van der Waals surface area contributed by atoms with E-state index < -0.39 is 0 Å². The van der Waals surface area contributed by atoms with Crippen molar-refractivity contribution in [3.63, 3.8) is 0 Å². The van der Waals surface area contributed by atoms with Crippen molar-refractivity contribution < 1.29 is 14.6 Å². The monoisotopic (exact) mass is 339 g/mol. The number of nitrogens with one attached hydrogen (secondary N) is 1. The summed E-state index contributed by atoms with van der Waals surface area (Å²) < 4.78 is 5.40. The van der Waals surface area contributed by atoms with E-state index in [2.05, 4.69) is 5.32 Å². The molecule has 0 fully saturated rings. The number of anilines is 1. The van der Waals surface area contributed by atoms with E-state index in [1.165, 1.54) is 6.07 Å². The largest absolute Gasteiger partial charge is 0.494 e. The molecule has 0 aliphatic rings. The van der Waals surface area contributed by atoms with Gasteiger partial charge < -0.3 is 15.2 Å². The van der Waals surface area contributed by atoms with Gasteiger partial charge in [-0.15, -0.1) is 0 Å². The Morgan fingerprint density at radius 1 is 1.23 bits per heavy atom. The van der Waals surface area contributed by atoms with Crippen molar-refractivity contribution in [2.45, 2.75) is 13.5 Å². The Hall–Kier alpha value is -1.75. The van der Waals surface area contributed by atoms with Crippen molar-refractivity contribution >= 4 is 34.8 Å². The van der Waals surface area contributed by atoms with E-state index in [1.807, 2.05) is 6.92 Å². The number of hydrogen-bond acceptors (Lipinski definition) is 3. The Morgan fingerprint density at radius 3 is 2.64 bits per heavy atom. The molecule has 116 valence electrons. The minimum Gasteiger partial charge on any atom is -0.494 e. The van der Waals surface area contributed by atoms with E-state index in [9.17, 15) is 9.90 Å². The highest BCUT2D eigenvalue weighted by Crippen LogP contribution is 2.25. The highest BCUT2D eigenvalue weighted by molar-refractivity contribution is 6.37. The van der Waals surface area contributed by atoms with Gasteiger partial charge in [0.05, 0.1) is 23.8 Å². The lowest BCUT2D eigenvalue weighted by molar-refractivity contribution is 0.102. The van der Waals surface area contributed by atoms with Gasteiger partial charge in [-0.25, -0.2) is 0 Å². The molecule has 0 aliphatic heterocycles. The summed E-state index contributed by atoms with van der Waals surface area (Å²) in [6, 6.07) is 9.73. The summed E-state index contributed by atoms with van der Waals surface area (Å²) in [5, 5.41) is 12.8. The SMILES string of the molecule is CCOc1ccc(NC(=O)c2ccc(Cl)cc2Cl)cc1CO. The van der Waals surface area contributed by atoms with Gasteiger partial charge in [-0.2, -0.15) is 0 Å². The maximum absolute atomic E-state index is 12.2. The molecule has 2 aromatic carbocycles. The second kappa shape index (κ2) is 7.49. The third-order valence-corrected chi connectivity index (χ3v) is 3.51. The second-order valence-electron chi connectivity index (χ2n) is 4.49. The van der Waals surface area contributed by atoms with Gasteiger partial charge in [-0.3, -0.25) is 4.79 Å². The number of benzene rings is 2. The standard InChI is InChI=1S/C16H15Cl2NO3/c1-2-22-15-6-4-12(7-10(15)9-20)19-16(21)13-5-3-11(17)8-14(13)18/h3-8,20H,2,9H2,1H3,(H,19,21). The smallest absolute Gasteiger partial charge is 0.257 e. The van der Waals surface area contributed by atoms with Gasteiger partial charge in [0, 0.05) is 16.3 Å². The average Bonchev–Trinajstić information content (AvgIpc) is 2.48. The van der Waals surface area contributed by atoms with Crippen LogP contribution in [0.3, 0.4) is 0 Å². The van der Waals surface area contributed by atoms with Crippen LogP contribution in [-0.4, -0.2) is 17.6 Å². The lowest BCUT2D eigenvalue weighted by Gasteiger charge is -2.12. The number of ether oxygens (including phenoxy) is 1. The molecule has 0 aliphatic carbocycles. The van der Waals surface area contributed by atoms with Crippen LogP contribution in [0.2, 0.25) is 10.0 Å². The molecule has 2 N–H and O–H groups in total. The van der Waals surface area contributed by atoms with Crippen LogP contribution in [0.25, 0.3) is 0 Å². The molecule has 1 amide bonds. The first-order valence-electron chi connectivity index (χ1n) is 6.68. The van der Waals surface area contributed by atoms with E-state index in [4.69, 9.17) is 27.9 Å². The van der Waals surface area contributed by atoms with Crippen molar-refractivity contribution in [3.8, 4) is 5.75 Å². The van der Waals surface area contributed by atoms with Crippen molar-refractivity contribution in [1.29, 1.82) is 0 Å². The average molecular weight is 340 g/mol. The van der Waals surface area contributed by atoms with Crippen LogP contribution >= 0.6 is 23.2 Å². The molecular weight excluding hydrogens is 325 g/mol.